The van der Waals surface area contributed by atoms with Gasteiger partial charge in [0.25, 0.3) is 0 Å². The summed E-state index contributed by atoms with van der Waals surface area (Å²) in [6.45, 7) is 0. The van der Waals surface area contributed by atoms with E-state index in [1.54, 1.807) is 0 Å². The number of ether oxygens (including phenoxy) is 1. The van der Waals surface area contributed by atoms with Gasteiger partial charge in [0, 0.05) is 12.3 Å². The van der Waals surface area contributed by atoms with Crippen LogP contribution < -0.4 is 4.74 Å². The van der Waals surface area contributed by atoms with Crippen molar-refractivity contribution in [3.05, 3.63) is 47.0 Å². The minimum absolute atomic E-state index is 0.109. The maximum absolute atomic E-state index is 12.9. The van der Waals surface area contributed by atoms with Crippen LogP contribution in [0.3, 0.4) is 0 Å². The van der Waals surface area contributed by atoms with Crippen LogP contribution in [-0.2, 0) is 0 Å². The number of carboxylic acid groups (broad SMARTS) is 1. The summed E-state index contributed by atoms with van der Waals surface area (Å²) in [6, 6.07) is 4.77. The van der Waals surface area contributed by atoms with Gasteiger partial charge >= 0.3 is 12.0 Å². The first-order valence-corrected chi connectivity index (χ1v) is 5.13. The third-order valence-electron chi connectivity index (χ3n) is 1.95. The van der Waals surface area contributed by atoms with E-state index in [1.165, 1.54) is 24.4 Å². The van der Waals surface area contributed by atoms with Gasteiger partial charge in [-0.2, -0.15) is 4.98 Å². The predicted octanol–water partition coefficient (Wildman–Crippen LogP) is 2.76. The molecule has 0 saturated heterocycles. The molecule has 0 radical (unpaired) electrons. The number of rotatable bonds is 3. The Hall–Kier alpha value is -2.21. The van der Waals surface area contributed by atoms with Gasteiger partial charge < -0.3 is 9.84 Å². The maximum Gasteiger partial charge on any atom is 0.354 e. The Morgan fingerprint density at radius 1 is 1.39 bits per heavy atom. The summed E-state index contributed by atoms with van der Waals surface area (Å²) in [5.41, 5.74) is -0.201. The monoisotopic (exact) mass is 268 g/mol. The number of halogens is 2. The Morgan fingerprint density at radius 3 is 2.83 bits per heavy atom. The molecule has 92 valence electrons. The summed E-state index contributed by atoms with van der Waals surface area (Å²) in [5, 5.41) is 8.63. The number of aromatic nitrogens is 2. The Labute approximate surface area is 106 Å². The van der Waals surface area contributed by atoms with Crippen molar-refractivity contribution in [1.82, 2.24) is 9.97 Å². The maximum atomic E-state index is 12.9. The molecule has 0 aliphatic heterocycles. The van der Waals surface area contributed by atoms with Crippen LogP contribution in [0, 0.1) is 5.82 Å². The van der Waals surface area contributed by atoms with Gasteiger partial charge in [0.05, 0.1) is 5.02 Å². The largest absolute Gasteiger partial charge is 0.477 e. The molecule has 0 bridgehead atoms. The lowest BCUT2D eigenvalue weighted by Crippen LogP contribution is -2.02. The molecule has 1 aromatic heterocycles. The topological polar surface area (TPSA) is 72.3 Å². The number of carbonyl (C=O) groups is 1. The average Bonchev–Trinajstić information content (AvgIpc) is 2.34. The van der Waals surface area contributed by atoms with E-state index in [1.807, 2.05) is 0 Å². The quantitative estimate of drug-likeness (QED) is 0.927. The molecule has 0 atom stereocenters. The molecule has 1 heterocycles. The Balaban J connectivity index is 2.25. The molecule has 1 N–H and O–H groups in total. The highest BCUT2D eigenvalue weighted by atomic mass is 35.5. The van der Waals surface area contributed by atoms with E-state index in [9.17, 15) is 9.18 Å². The third-order valence-corrected chi connectivity index (χ3v) is 2.24. The molecule has 7 heteroatoms. The van der Waals surface area contributed by atoms with Crippen molar-refractivity contribution in [3.8, 4) is 11.8 Å². The highest BCUT2D eigenvalue weighted by Gasteiger charge is 2.08. The molecule has 1 aromatic carbocycles. The molecule has 0 fully saturated rings. The molecule has 0 unspecified atom stereocenters. The van der Waals surface area contributed by atoms with Gasteiger partial charge in [0.2, 0.25) is 0 Å². The van der Waals surface area contributed by atoms with Crippen LogP contribution in [0.15, 0.2) is 30.5 Å². The molecule has 0 amide bonds. The van der Waals surface area contributed by atoms with Gasteiger partial charge in [0.15, 0.2) is 5.69 Å². The van der Waals surface area contributed by atoms with Crippen LogP contribution in [0.4, 0.5) is 4.39 Å². The molecule has 0 aliphatic rings. The summed E-state index contributed by atoms with van der Waals surface area (Å²) in [6.07, 6.45) is 1.25. The summed E-state index contributed by atoms with van der Waals surface area (Å²) in [7, 11) is 0. The minimum atomic E-state index is -1.20. The second kappa shape index (κ2) is 4.97. The van der Waals surface area contributed by atoms with Gasteiger partial charge in [-0.15, -0.1) is 0 Å². The van der Waals surface area contributed by atoms with Gasteiger partial charge in [-0.05, 0) is 18.2 Å². The molecule has 2 aromatic rings. The molecule has 5 nitrogen and oxygen atoms in total. The van der Waals surface area contributed by atoms with E-state index in [0.717, 1.165) is 6.07 Å². The van der Waals surface area contributed by atoms with E-state index < -0.39 is 11.8 Å². The molecule has 18 heavy (non-hydrogen) atoms. The van der Waals surface area contributed by atoms with Crippen LogP contribution >= 0.6 is 11.6 Å². The third kappa shape index (κ3) is 2.72. The van der Waals surface area contributed by atoms with Crippen LogP contribution in [0.1, 0.15) is 10.5 Å². The highest BCUT2D eigenvalue weighted by Crippen LogP contribution is 2.24. The van der Waals surface area contributed by atoms with E-state index >= 15 is 0 Å². The lowest BCUT2D eigenvalue weighted by atomic mass is 10.3. The summed E-state index contributed by atoms with van der Waals surface area (Å²) >= 11 is 5.57. The zero-order chi connectivity index (χ0) is 13.1. The number of nitrogens with zero attached hydrogens (tertiary/aromatic N) is 2. The molecule has 0 aliphatic carbocycles. The Bertz CT molecular complexity index is 607. The van der Waals surface area contributed by atoms with E-state index in [-0.39, 0.29) is 22.5 Å². The first kappa shape index (κ1) is 12.3. The number of hydrogen-bond donors (Lipinski definition) is 1. The lowest BCUT2D eigenvalue weighted by molar-refractivity contribution is 0.0689. The second-order valence-corrected chi connectivity index (χ2v) is 3.61. The fourth-order valence-electron chi connectivity index (χ4n) is 1.15. The van der Waals surface area contributed by atoms with Gasteiger partial charge in [0.1, 0.15) is 11.6 Å². The highest BCUT2D eigenvalue weighted by molar-refractivity contribution is 6.30. The molecule has 0 saturated carbocycles. The van der Waals surface area contributed by atoms with Crippen molar-refractivity contribution in [2.75, 3.05) is 0 Å². The van der Waals surface area contributed by atoms with Crippen LogP contribution in [0.25, 0.3) is 0 Å². The van der Waals surface area contributed by atoms with E-state index in [0.29, 0.717) is 0 Å². The standard InChI is InChI=1S/C11H6ClFN2O3/c12-7-5-6(1-2-8(7)13)18-11-14-4-3-9(15-11)10(16)17/h1-5H,(H,16,17). The van der Waals surface area contributed by atoms with Crippen molar-refractivity contribution in [3.63, 3.8) is 0 Å². The number of aromatic carboxylic acids is 1. The van der Waals surface area contributed by atoms with Gasteiger partial charge in [-0.25, -0.2) is 14.2 Å². The number of hydrogen-bond acceptors (Lipinski definition) is 4. The summed E-state index contributed by atoms with van der Waals surface area (Å²) < 4.78 is 18.1. The number of benzene rings is 1. The fraction of sp³-hybridized carbons (Fsp3) is 0. The Kier molecular flexibility index (Phi) is 3.38. The van der Waals surface area contributed by atoms with E-state index in [4.69, 9.17) is 21.4 Å². The lowest BCUT2D eigenvalue weighted by Gasteiger charge is -2.04. The first-order valence-electron chi connectivity index (χ1n) is 4.75. The summed E-state index contributed by atoms with van der Waals surface area (Å²) in [5.74, 6) is -1.56. The van der Waals surface area contributed by atoms with Crippen LogP contribution in [0.2, 0.25) is 5.02 Å². The Morgan fingerprint density at radius 2 is 2.17 bits per heavy atom. The molecular weight excluding hydrogens is 263 g/mol. The van der Waals surface area contributed by atoms with E-state index in [2.05, 4.69) is 9.97 Å². The molecule has 0 spiro atoms. The normalized spacial score (nSPS) is 10.1. The molecule has 2 rings (SSSR count). The van der Waals surface area contributed by atoms with Gasteiger partial charge in [-0.1, -0.05) is 11.6 Å². The fourth-order valence-corrected chi connectivity index (χ4v) is 1.33. The van der Waals surface area contributed by atoms with Crippen LogP contribution in [0.5, 0.6) is 11.8 Å². The zero-order valence-corrected chi connectivity index (χ0v) is 9.56. The summed E-state index contributed by atoms with van der Waals surface area (Å²) in [4.78, 5) is 18.1. The van der Waals surface area contributed by atoms with Crippen LogP contribution in [-0.4, -0.2) is 21.0 Å². The second-order valence-electron chi connectivity index (χ2n) is 3.21. The molecular formula is C11H6ClFN2O3. The van der Waals surface area contributed by atoms with Crippen molar-refractivity contribution in [2.24, 2.45) is 0 Å². The predicted molar refractivity (Wildman–Crippen MR) is 60.5 cm³/mol. The first-order chi connectivity index (χ1) is 8.56. The zero-order valence-electron chi connectivity index (χ0n) is 8.80. The van der Waals surface area contributed by atoms with Crippen molar-refractivity contribution in [2.45, 2.75) is 0 Å². The smallest absolute Gasteiger partial charge is 0.354 e. The SMILES string of the molecule is O=C(O)c1ccnc(Oc2ccc(F)c(Cl)c2)n1. The van der Waals surface area contributed by atoms with Gasteiger partial charge in [-0.3, -0.25) is 0 Å². The number of carboxylic acids is 1. The minimum Gasteiger partial charge on any atom is -0.477 e. The van der Waals surface area contributed by atoms with Crippen molar-refractivity contribution >= 4 is 17.6 Å². The van der Waals surface area contributed by atoms with Crippen molar-refractivity contribution < 1.29 is 19.0 Å². The van der Waals surface area contributed by atoms with Crippen molar-refractivity contribution in [1.29, 1.82) is 0 Å². The average molecular weight is 269 g/mol.